The molecule has 0 saturated heterocycles. The van der Waals surface area contributed by atoms with Gasteiger partial charge in [0.2, 0.25) is 0 Å². The van der Waals surface area contributed by atoms with E-state index in [1.54, 1.807) is 0 Å². The van der Waals surface area contributed by atoms with Crippen LogP contribution in [0.1, 0.15) is 16.0 Å². The lowest BCUT2D eigenvalue weighted by atomic mass is 10.0. The molecule has 0 aliphatic heterocycles. The maximum Gasteiger partial charge on any atom is 0.0446 e. The predicted octanol–water partition coefficient (Wildman–Crippen LogP) is 6.39. The monoisotopic (exact) mass is 498 g/mol. The summed E-state index contributed by atoms with van der Waals surface area (Å²) in [4.78, 5) is 0.308. The summed E-state index contributed by atoms with van der Waals surface area (Å²) in [5.41, 5.74) is 2.58. The number of hydrogen-bond acceptors (Lipinski definition) is 0. The first-order valence-electron chi connectivity index (χ1n) is 5.40. The highest BCUT2D eigenvalue weighted by atomic mass is 127. The van der Waals surface area contributed by atoms with Gasteiger partial charge in [-0.05, 0) is 70.5 Å². The molecule has 0 N–H and O–H groups in total. The lowest BCUT2D eigenvalue weighted by molar-refractivity contribution is 0.942. The average molecular weight is 500 g/mol. The molecule has 0 aliphatic rings. The second kappa shape index (κ2) is 6.73. The summed E-state index contributed by atoms with van der Waals surface area (Å²) in [6.45, 7) is 0. The highest BCUT2D eigenvalue weighted by molar-refractivity contribution is 14.1. The molecule has 4 heteroatoms. The van der Waals surface area contributed by atoms with Crippen LogP contribution in [0.5, 0.6) is 0 Å². The first-order chi connectivity index (χ1) is 8.56. The number of halogens is 4. The lowest BCUT2D eigenvalue weighted by Gasteiger charge is -2.13. The average Bonchev–Trinajstić information content (AvgIpc) is 2.35. The Kier molecular flexibility index (Phi) is 5.54. The Labute approximate surface area is 143 Å². The summed E-state index contributed by atoms with van der Waals surface area (Å²) < 4.78 is 2.38. The zero-order valence-corrected chi connectivity index (χ0v) is 15.4. The van der Waals surface area contributed by atoms with Gasteiger partial charge in [-0.1, -0.05) is 55.6 Å². The van der Waals surface area contributed by atoms with Crippen LogP contribution < -0.4 is 0 Å². The fraction of sp³-hybridized carbons (Fsp3) is 0.143. The molecule has 1 atom stereocenters. The molecule has 0 aliphatic carbocycles. The smallest absolute Gasteiger partial charge is 0.0446 e. The van der Waals surface area contributed by atoms with Crippen molar-refractivity contribution in [3.8, 4) is 0 Å². The van der Waals surface area contributed by atoms with Gasteiger partial charge in [0.15, 0.2) is 0 Å². The van der Waals surface area contributed by atoms with E-state index in [0.29, 0.717) is 4.83 Å². The Balaban J connectivity index is 2.18. The van der Waals surface area contributed by atoms with Crippen LogP contribution in [0.3, 0.4) is 0 Å². The van der Waals surface area contributed by atoms with Gasteiger partial charge in [0.25, 0.3) is 0 Å². The van der Waals surface area contributed by atoms with Crippen LogP contribution in [-0.2, 0) is 6.42 Å². The van der Waals surface area contributed by atoms with E-state index < -0.39 is 0 Å². The Bertz CT molecular complexity index is 540. The van der Waals surface area contributed by atoms with Crippen LogP contribution in [0, 0.1) is 3.57 Å². The summed E-state index contributed by atoms with van der Waals surface area (Å²) in [6.07, 6.45) is 0.948. The van der Waals surface area contributed by atoms with E-state index in [-0.39, 0.29) is 0 Å². The lowest BCUT2D eigenvalue weighted by Crippen LogP contribution is -1.98. The largest absolute Gasteiger partial charge is 0.0843 e. The Morgan fingerprint density at radius 1 is 1.11 bits per heavy atom. The molecule has 94 valence electrons. The Morgan fingerprint density at radius 3 is 2.44 bits per heavy atom. The van der Waals surface area contributed by atoms with Crippen molar-refractivity contribution in [1.82, 2.24) is 0 Å². The highest BCUT2D eigenvalue weighted by Gasteiger charge is 2.12. The van der Waals surface area contributed by atoms with Gasteiger partial charge in [0, 0.05) is 17.9 Å². The minimum absolute atomic E-state index is 0.308. The van der Waals surface area contributed by atoms with Gasteiger partial charge in [0.05, 0.1) is 0 Å². The zero-order valence-electron chi connectivity index (χ0n) is 9.34. The fourth-order valence-electron chi connectivity index (χ4n) is 1.69. The van der Waals surface area contributed by atoms with E-state index in [1.165, 1.54) is 14.7 Å². The highest BCUT2D eigenvalue weighted by Crippen LogP contribution is 2.32. The fourth-order valence-corrected chi connectivity index (χ4v) is 4.09. The van der Waals surface area contributed by atoms with Crippen molar-refractivity contribution < 1.29 is 0 Å². The van der Waals surface area contributed by atoms with Crippen LogP contribution in [0.25, 0.3) is 0 Å². The summed E-state index contributed by atoms with van der Waals surface area (Å²) in [6, 6.07) is 14.4. The van der Waals surface area contributed by atoms with E-state index >= 15 is 0 Å². The van der Waals surface area contributed by atoms with Crippen molar-refractivity contribution in [3.63, 3.8) is 0 Å². The van der Waals surface area contributed by atoms with Crippen molar-refractivity contribution >= 4 is 66.1 Å². The Morgan fingerprint density at radius 2 is 1.78 bits per heavy atom. The molecular weight excluding hydrogens is 490 g/mol. The molecule has 18 heavy (non-hydrogen) atoms. The van der Waals surface area contributed by atoms with Crippen molar-refractivity contribution in [3.05, 3.63) is 66.7 Å². The van der Waals surface area contributed by atoms with Crippen LogP contribution in [0.2, 0.25) is 5.02 Å². The second-order valence-electron chi connectivity index (χ2n) is 3.96. The SMILES string of the molecule is Clc1ccc(CC(Br)c2cc(Br)ccc2I)cc1. The van der Waals surface area contributed by atoms with Crippen molar-refractivity contribution in [1.29, 1.82) is 0 Å². The molecule has 2 aromatic carbocycles. The molecule has 0 fully saturated rings. The van der Waals surface area contributed by atoms with Crippen molar-refractivity contribution in [2.75, 3.05) is 0 Å². The van der Waals surface area contributed by atoms with Gasteiger partial charge < -0.3 is 0 Å². The normalized spacial score (nSPS) is 12.4. The first kappa shape index (κ1) is 14.8. The predicted molar refractivity (Wildman–Crippen MR) is 93.7 cm³/mol. The molecule has 0 heterocycles. The molecule has 0 aromatic heterocycles. The topological polar surface area (TPSA) is 0 Å². The van der Waals surface area contributed by atoms with E-state index in [4.69, 9.17) is 11.6 Å². The first-order valence-corrected chi connectivity index (χ1v) is 8.56. The third kappa shape index (κ3) is 3.95. The van der Waals surface area contributed by atoms with Gasteiger partial charge in [-0.3, -0.25) is 0 Å². The Hall–Kier alpha value is 0.420. The molecule has 1 unspecified atom stereocenters. The van der Waals surface area contributed by atoms with E-state index in [2.05, 4.69) is 84.8 Å². The minimum atomic E-state index is 0.308. The van der Waals surface area contributed by atoms with Crippen LogP contribution in [0.4, 0.5) is 0 Å². The maximum absolute atomic E-state index is 5.89. The third-order valence-electron chi connectivity index (χ3n) is 2.62. The quantitative estimate of drug-likeness (QED) is 0.339. The minimum Gasteiger partial charge on any atom is -0.0843 e. The van der Waals surface area contributed by atoms with Gasteiger partial charge in [-0.25, -0.2) is 0 Å². The van der Waals surface area contributed by atoms with E-state index in [9.17, 15) is 0 Å². The van der Waals surface area contributed by atoms with Crippen molar-refractivity contribution in [2.24, 2.45) is 0 Å². The molecule has 0 nitrogen and oxygen atoms in total. The molecule has 0 amide bonds. The maximum atomic E-state index is 5.89. The van der Waals surface area contributed by atoms with Gasteiger partial charge in [-0.15, -0.1) is 0 Å². The van der Waals surface area contributed by atoms with Gasteiger partial charge in [-0.2, -0.15) is 0 Å². The third-order valence-corrected chi connectivity index (χ3v) is 5.17. The summed E-state index contributed by atoms with van der Waals surface area (Å²) >= 11 is 15.5. The van der Waals surface area contributed by atoms with Gasteiger partial charge >= 0.3 is 0 Å². The van der Waals surface area contributed by atoms with Crippen LogP contribution >= 0.6 is 66.1 Å². The molecular formula is C14H10Br2ClI. The molecule has 0 saturated carbocycles. The molecule has 0 bridgehead atoms. The number of benzene rings is 2. The van der Waals surface area contributed by atoms with Crippen LogP contribution in [-0.4, -0.2) is 0 Å². The number of alkyl halides is 1. The summed E-state index contributed by atoms with van der Waals surface area (Å²) in [5, 5.41) is 0.780. The zero-order chi connectivity index (χ0) is 13.1. The number of hydrogen-bond donors (Lipinski definition) is 0. The van der Waals surface area contributed by atoms with E-state index in [1.807, 2.05) is 12.1 Å². The number of rotatable bonds is 3. The van der Waals surface area contributed by atoms with Gasteiger partial charge in [0.1, 0.15) is 0 Å². The molecule has 2 aromatic rings. The van der Waals surface area contributed by atoms with Crippen molar-refractivity contribution in [2.45, 2.75) is 11.2 Å². The summed E-state index contributed by atoms with van der Waals surface area (Å²) in [7, 11) is 0. The molecule has 0 spiro atoms. The standard InChI is InChI=1S/C14H10Br2ClI/c15-10-3-6-14(18)12(8-10)13(16)7-9-1-4-11(17)5-2-9/h1-6,8,13H,7H2. The molecule has 0 radical (unpaired) electrons. The second-order valence-corrected chi connectivity index (χ2v) is 7.58. The van der Waals surface area contributed by atoms with Crippen LogP contribution in [0.15, 0.2) is 46.9 Å². The summed E-state index contributed by atoms with van der Waals surface area (Å²) in [5.74, 6) is 0. The molecule has 2 rings (SSSR count). The van der Waals surface area contributed by atoms with E-state index in [0.717, 1.165) is 15.9 Å².